The van der Waals surface area contributed by atoms with Gasteiger partial charge in [-0.25, -0.2) is 4.39 Å². The van der Waals surface area contributed by atoms with Crippen LogP contribution in [0.3, 0.4) is 0 Å². The van der Waals surface area contributed by atoms with Crippen molar-refractivity contribution in [2.75, 3.05) is 7.05 Å². The Morgan fingerprint density at radius 2 is 2.00 bits per heavy atom. The Kier molecular flexibility index (Phi) is 5.02. The van der Waals surface area contributed by atoms with Crippen LogP contribution < -0.4 is 10.1 Å². The molecule has 0 spiro atoms. The monoisotopic (exact) mass is 357 g/mol. The highest BCUT2D eigenvalue weighted by Gasteiger charge is 2.09. The Hall–Kier alpha value is -1.10. The number of halogens is 3. The van der Waals surface area contributed by atoms with Crippen molar-refractivity contribution in [2.24, 2.45) is 0 Å². The van der Waals surface area contributed by atoms with Crippen LogP contribution in [0.2, 0.25) is 5.02 Å². The summed E-state index contributed by atoms with van der Waals surface area (Å²) in [7, 11) is 1.88. The summed E-state index contributed by atoms with van der Waals surface area (Å²) in [6, 6.07) is 10.3. The minimum Gasteiger partial charge on any atom is -0.456 e. The van der Waals surface area contributed by atoms with Gasteiger partial charge in [0.25, 0.3) is 0 Å². The zero-order valence-electron chi connectivity index (χ0n) is 11.1. The Morgan fingerprint density at radius 1 is 1.25 bits per heavy atom. The predicted octanol–water partition coefficient (Wildman–Crippen LogP) is 5.31. The van der Waals surface area contributed by atoms with E-state index in [2.05, 4.69) is 21.2 Å². The van der Waals surface area contributed by atoms with E-state index in [-0.39, 0.29) is 11.9 Å². The molecule has 2 aromatic carbocycles. The molecule has 0 saturated heterocycles. The van der Waals surface area contributed by atoms with Gasteiger partial charge < -0.3 is 10.1 Å². The molecule has 106 valence electrons. The molecule has 1 N–H and O–H groups in total. The normalized spacial score (nSPS) is 12.2. The number of rotatable bonds is 4. The van der Waals surface area contributed by atoms with Crippen molar-refractivity contribution in [3.05, 3.63) is 57.3 Å². The van der Waals surface area contributed by atoms with Crippen LogP contribution in [-0.4, -0.2) is 7.05 Å². The molecule has 2 nitrogen and oxygen atoms in total. The highest BCUT2D eigenvalue weighted by molar-refractivity contribution is 9.10. The molecule has 0 aliphatic heterocycles. The van der Waals surface area contributed by atoms with E-state index < -0.39 is 0 Å². The topological polar surface area (TPSA) is 21.3 Å². The summed E-state index contributed by atoms with van der Waals surface area (Å²) in [5, 5.41) is 3.63. The van der Waals surface area contributed by atoms with E-state index in [1.165, 1.54) is 6.07 Å². The third-order valence-electron chi connectivity index (χ3n) is 3.01. The van der Waals surface area contributed by atoms with Gasteiger partial charge in [0.2, 0.25) is 0 Å². The van der Waals surface area contributed by atoms with Crippen LogP contribution in [0.25, 0.3) is 0 Å². The predicted molar refractivity (Wildman–Crippen MR) is 83.1 cm³/mol. The fraction of sp³-hybridized carbons (Fsp3) is 0.200. The van der Waals surface area contributed by atoms with Crippen molar-refractivity contribution in [1.29, 1.82) is 0 Å². The Labute approximate surface area is 131 Å². The fourth-order valence-corrected chi connectivity index (χ4v) is 2.18. The molecule has 2 aromatic rings. The molecule has 0 aromatic heterocycles. The Balaban J connectivity index is 2.23. The minimum atomic E-state index is -0.376. The van der Waals surface area contributed by atoms with Crippen LogP contribution in [0.15, 0.2) is 40.9 Å². The molecule has 1 unspecified atom stereocenters. The van der Waals surface area contributed by atoms with Crippen molar-refractivity contribution in [3.63, 3.8) is 0 Å². The molecular formula is C15H14BrClFNO. The number of benzene rings is 2. The van der Waals surface area contributed by atoms with Crippen LogP contribution in [0.1, 0.15) is 18.5 Å². The first-order valence-corrected chi connectivity index (χ1v) is 7.28. The lowest BCUT2D eigenvalue weighted by Gasteiger charge is -2.13. The maximum atomic E-state index is 13.4. The van der Waals surface area contributed by atoms with Crippen molar-refractivity contribution in [1.82, 2.24) is 5.32 Å². The molecule has 0 aliphatic rings. The van der Waals surface area contributed by atoms with E-state index in [1.807, 2.05) is 26.1 Å². The van der Waals surface area contributed by atoms with E-state index in [4.69, 9.17) is 16.3 Å². The first-order chi connectivity index (χ1) is 9.51. The molecule has 5 heteroatoms. The number of hydrogen-bond acceptors (Lipinski definition) is 2. The van der Waals surface area contributed by atoms with E-state index in [0.717, 1.165) is 5.56 Å². The summed E-state index contributed by atoms with van der Waals surface area (Å²) in [6.45, 7) is 2.04. The summed E-state index contributed by atoms with van der Waals surface area (Å²) in [5.41, 5.74) is 1.06. The van der Waals surface area contributed by atoms with Gasteiger partial charge in [-0.3, -0.25) is 0 Å². The molecule has 0 aliphatic carbocycles. The average molecular weight is 359 g/mol. The minimum absolute atomic E-state index is 0.201. The van der Waals surface area contributed by atoms with Gasteiger partial charge in [-0.15, -0.1) is 0 Å². The summed E-state index contributed by atoms with van der Waals surface area (Å²) in [4.78, 5) is 0. The van der Waals surface area contributed by atoms with Crippen LogP contribution in [0.4, 0.5) is 4.39 Å². The van der Waals surface area contributed by atoms with Crippen molar-refractivity contribution < 1.29 is 9.13 Å². The average Bonchev–Trinajstić information content (AvgIpc) is 2.44. The number of hydrogen-bond donors (Lipinski definition) is 1. The molecule has 20 heavy (non-hydrogen) atoms. The molecular weight excluding hydrogens is 345 g/mol. The maximum Gasteiger partial charge on any atom is 0.146 e. The van der Waals surface area contributed by atoms with Gasteiger partial charge in [-0.2, -0.15) is 0 Å². The zero-order chi connectivity index (χ0) is 14.7. The van der Waals surface area contributed by atoms with Crippen LogP contribution in [0.5, 0.6) is 11.5 Å². The molecule has 0 heterocycles. The molecule has 2 rings (SSSR count). The highest BCUT2D eigenvalue weighted by atomic mass is 79.9. The van der Waals surface area contributed by atoms with Crippen LogP contribution in [0, 0.1) is 5.82 Å². The summed E-state index contributed by atoms with van der Waals surface area (Å²) < 4.78 is 19.4. The molecule has 0 amide bonds. The first kappa shape index (κ1) is 15.3. The summed E-state index contributed by atoms with van der Waals surface area (Å²) in [6.07, 6.45) is 0. The lowest BCUT2D eigenvalue weighted by Crippen LogP contribution is -2.12. The van der Waals surface area contributed by atoms with E-state index in [0.29, 0.717) is 21.0 Å². The van der Waals surface area contributed by atoms with Crippen LogP contribution in [-0.2, 0) is 0 Å². The van der Waals surface area contributed by atoms with Crippen LogP contribution >= 0.6 is 27.5 Å². The Morgan fingerprint density at radius 3 is 2.60 bits per heavy atom. The smallest absolute Gasteiger partial charge is 0.146 e. The van der Waals surface area contributed by atoms with Gasteiger partial charge in [-0.05, 0) is 59.7 Å². The second-order valence-corrected chi connectivity index (χ2v) is 5.64. The molecule has 0 saturated carbocycles. The highest BCUT2D eigenvalue weighted by Crippen LogP contribution is 2.32. The van der Waals surface area contributed by atoms with Gasteiger partial charge in [0.05, 0.1) is 9.50 Å². The molecule has 0 fully saturated rings. The summed E-state index contributed by atoms with van der Waals surface area (Å²) >= 11 is 9.29. The second kappa shape index (κ2) is 6.57. The van der Waals surface area contributed by atoms with Gasteiger partial charge in [-0.1, -0.05) is 17.7 Å². The second-order valence-electron chi connectivity index (χ2n) is 4.38. The van der Waals surface area contributed by atoms with Crippen molar-refractivity contribution in [3.8, 4) is 11.5 Å². The lowest BCUT2D eigenvalue weighted by atomic mass is 10.1. The molecule has 0 radical (unpaired) electrons. The van der Waals surface area contributed by atoms with E-state index in [1.54, 1.807) is 18.2 Å². The van der Waals surface area contributed by atoms with Crippen molar-refractivity contribution in [2.45, 2.75) is 13.0 Å². The largest absolute Gasteiger partial charge is 0.456 e. The van der Waals surface area contributed by atoms with E-state index >= 15 is 0 Å². The zero-order valence-corrected chi connectivity index (χ0v) is 13.4. The number of nitrogens with one attached hydrogen (secondary N) is 1. The van der Waals surface area contributed by atoms with Crippen molar-refractivity contribution >= 4 is 27.5 Å². The Bertz CT molecular complexity index is 621. The molecule has 1 atom stereocenters. The maximum absolute atomic E-state index is 13.4. The van der Waals surface area contributed by atoms with Gasteiger partial charge in [0, 0.05) is 12.1 Å². The first-order valence-electron chi connectivity index (χ1n) is 6.11. The quantitative estimate of drug-likeness (QED) is 0.799. The number of ether oxygens (including phenoxy) is 1. The summed E-state index contributed by atoms with van der Waals surface area (Å²) in [5.74, 6) is 0.529. The third kappa shape index (κ3) is 3.51. The molecule has 0 bridgehead atoms. The van der Waals surface area contributed by atoms with Gasteiger partial charge in [0.1, 0.15) is 17.3 Å². The third-order valence-corrected chi connectivity index (χ3v) is 3.95. The SMILES string of the molecule is CNC(C)c1ccc(Oc2ccc(Br)c(F)c2)c(Cl)c1. The fourth-order valence-electron chi connectivity index (χ4n) is 1.70. The van der Waals surface area contributed by atoms with Gasteiger partial charge >= 0.3 is 0 Å². The van der Waals surface area contributed by atoms with Gasteiger partial charge in [0.15, 0.2) is 0 Å². The standard InChI is InChI=1S/C15H14BrClFNO/c1-9(19-2)10-3-6-15(13(17)7-10)20-11-4-5-12(16)14(18)8-11/h3-9,19H,1-2H3. The lowest BCUT2D eigenvalue weighted by molar-refractivity contribution is 0.476. The van der Waals surface area contributed by atoms with E-state index in [9.17, 15) is 4.39 Å².